The Morgan fingerprint density at radius 3 is 2.95 bits per heavy atom. The second kappa shape index (κ2) is 5.90. The Balaban J connectivity index is 1.90. The Morgan fingerprint density at radius 2 is 2.10 bits per heavy atom. The first-order valence-electron chi connectivity index (χ1n) is 6.51. The minimum atomic E-state index is 0.415. The SMILES string of the molecule is Clc1cc(Cl)c(CN2CCCOc3ccccc32)cn1. The van der Waals surface area contributed by atoms with E-state index >= 15 is 0 Å². The Labute approximate surface area is 128 Å². The van der Waals surface area contributed by atoms with Gasteiger partial charge in [0.1, 0.15) is 10.9 Å². The van der Waals surface area contributed by atoms with Crippen LogP contribution in [-0.2, 0) is 6.54 Å². The van der Waals surface area contributed by atoms with Crippen molar-refractivity contribution in [2.75, 3.05) is 18.1 Å². The molecular weight excluding hydrogens is 295 g/mol. The maximum Gasteiger partial charge on any atom is 0.142 e. The molecule has 0 fully saturated rings. The van der Waals surface area contributed by atoms with Gasteiger partial charge in [-0.3, -0.25) is 0 Å². The molecule has 0 unspecified atom stereocenters. The number of rotatable bonds is 2. The maximum absolute atomic E-state index is 6.23. The van der Waals surface area contributed by atoms with Crippen molar-refractivity contribution in [3.05, 3.63) is 52.3 Å². The fourth-order valence-electron chi connectivity index (χ4n) is 2.32. The molecule has 0 aliphatic carbocycles. The topological polar surface area (TPSA) is 25.4 Å². The number of halogens is 2. The molecule has 0 N–H and O–H groups in total. The van der Waals surface area contributed by atoms with E-state index in [0.29, 0.717) is 16.7 Å². The summed E-state index contributed by atoms with van der Waals surface area (Å²) in [5, 5.41) is 1.06. The molecule has 5 heteroatoms. The molecule has 3 rings (SSSR count). The fourth-order valence-corrected chi connectivity index (χ4v) is 2.75. The lowest BCUT2D eigenvalue weighted by Crippen LogP contribution is -2.23. The summed E-state index contributed by atoms with van der Waals surface area (Å²) >= 11 is 12.1. The van der Waals surface area contributed by atoms with Crippen molar-refractivity contribution in [2.24, 2.45) is 0 Å². The molecule has 1 aromatic heterocycles. The van der Waals surface area contributed by atoms with E-state index in [1.807, 2.05) is 18.2 Å². The van der Waals surface area contributed by atoms with E-state index < -0.39 is 0 Å². The summed E-state index contributed by atoms with van der Waals surface area (Å²) in [7, 11) is 0. The zero-order valence-electron chi connectivity index (χ0n) is 10.9. The van der Waals surface area contributed by atoms with Gasteiger partial charge in [-0.25, -0.2) is 4.98 Å². The first-order valence-corrected chi connectivity index (χ1v) is 7.26. The smallest absolute Gasteiger partial charge is 0.142 e. The van der Waals surface area contributed by atoms with Crippen LogP contribution in [0.1, 0.15) is 12.0 Å². The molecule has 0 saturated carbocycles. The van der Waals surface area contributed by atoms with Crippen molar-refractivity contribution in [2.45, 2.75) is 13.0 Å². The Hall–Kier alpha value is -1.45. The maximum atomic E-state index is 6.23. The van der Waals surface area contributed by atoms with Crippen LogP contribution in [0.15, 0.2) is 36.5 Å². The normalized spacial score (nSPS) is 14.4. The molecule has 20 heavy (non-hydrogen) atoms. The molecule has 0 amide bonds. The molecule has 104 valence electrons. The minimum absolute atomic E-state index is 0.415. The molecule has 0 spiro atoms. The number of anilines is 1. The fraction of sp³-hybridized carbons (Fsp3) is 0.267. The van der Waals surface area contributed by atoms with E-state index in [4.69, 9.17) is 27.9 Å². The predicted octanol–water partition coefficient (Wildman–Crippen LogP) is 4.18. The third-order valence-corrected chi connectivity index (χ3v) is 3.85. The van der Waals surface area contributed by atoms with E-state index in [1.165, 1.54) is 0 Å². The van der Waals surface area contributed by atoms with Crippen molar-refractivity contribution in [3.63, 3.8) is 0 Å². The molecule has 1 aliphatic rings. The molecule has 0 radical (unpaired) electrons. The van der Waals surface area contributed by atoms with Crippen LogP contribution in [0.2, 0.25) is 10.2 Å². The van der Waals surface area contributed by atoms with E-state index in [9.17, 15) is 0 Å². The van der Waals surface area contributed by atoms with Gasteiger partial charge in [0, 0.05) is 24.8 Å². The highest BCUT2D eigenvalue weighted by molar-refractivity contribution is 6.34. The number of fused-ring (bicyclic) bond motifs is 1. The van der Waals surface area contributed by atoms with Gasteiger partial charge in [0.2, 0.25) is 0 Å². The summed E-state index contributed by atoms with van der Waals surface area (Å²) < 4.78 is 5.75. The molecular formula is C15H14Cl2N2O. The highest BCUT2D eigenvalue weighted by atomic mass is 35.5. The summed E-state index contributed by atoms with van der Waals surface area (Å²) in [4.78, 5) is 6.37. The average molecular weight is 309 g/mol. The second-order valence-corrected chi connectivity index (χ2v) is 5.48. The summed E-state index contributed by atoms with van der Waals surface area (Å²) in [6, 6.07) is 9.74. The van der Waals surface area contributed by atoms with Crippen LogP contribution in [0.4, 0.5) is 5.69 Å². The van der Waals surface area contributed by atoms with Crippen molar-refractivity contribution >= 4 is 28.9 Å². The minimum Gasteiger partial charge on any atom is -0.491 e. The van der Waals surface area contributed by atoms with Crippen LogP contribution in [0.25, 0.3) is 0 Å². The quantitative estimate of drug-likeness (QED) is 0.778. The zero-order valence-corrected chi connectivity index (χ0v) is 12.4. The van der Waals surface area contributed by atoms with Gasteiger partial charge < -0.3 is 9.64 Å². The molecule has 0 atom stereocenters. The van der Waals surface area contributed by atoms with Crippen molar-refractivity contribution in [1.29, 1.82) is 0 Å². The third-order valence-electron chi connectivity index (χ3n) is 3.29. The van der Waals surface area contributed by atoms with Gasteiger partial charge in [0.15, 0.2) is 0 Å². The van der Waals surface area contributed by atoms with Gasteiger partial charge in [-0.15, -0.1) is 0 Å². The highest BCUT2D eigenvalue weighted by Gasteiger charge is 2.17. The van der Waals surface area contributed by atoms with E-state index in [1.54, 1.807) is 12.3 Å². The van der Waals surface area contributed by atoms with E-state index in [0.717, 1.165) is 36.6 Å². The van der Waals surface area contributed by atoms with Gasteiger partial charge in [-0.1, -0.05) is 35.3 Å². The molecule has 2 heterocycles. The third kappa shape index (κ3) is 2.84. The van der Waals surface area contributed by atoms with Crippen molar-refractivity contribution < 1.29 is 4.74 Å². The van der Waals surface area contributed by atoms with Crippen LogP contribution in [-0.4, -0.2) is 18.1 Å². The van der Waals surface area contributed by atoms with Crippen LogP contribution in [0.5, 0.6) is 5.75 Å². The number of para-hydroxylation sites is 2. The molecule has 1 aromatic carbocycles. The van der Waals surface area contributed by atoms with Gasteiger partial charge in [0.05, 0.1) is 17.3 Å². The summed E-state index contributed by atoms with van der Waals surface area (Å²) in [6.07, 6.45) is 2.71. The van der Waals surface area contributed by atoms with Crippen LogP contribution < -0.4 is 9.64 Å². The second-order valence-electron chi connectivity index (χ2n) is 4.69. The van der Waals surface area contributed by atoms with E-state index in [-0.39, 0.29) is 0 Å². The molecule has 2 aromatic rings. The summed E-state index contributed by atoms with van der Waals surface area (Å²) in [6.45, 7) is 2.36. The number of benzene rings is 1. The van der Waals surface area contributed by atoms with E-state index in [2.05, 4.69) is 16.0 Å². The highest BCUT2D eigenvalue weighted by Crippen LogP contribution is 2.32. The number of ether oxygens (including phenoxy) is 1. The summed E-state index contributed by atoms with van der Waals surface area (Å²) in [5.41, 5.74) is 2.06. The Morgan fingerprint density at radius 1 is 1.25 bits per heavy atom. The Kier molecular flexibility index (Phi) is 3.99. The molecule has 1 aliphatic heterocycles. The standard InChI is InChI=1S/C15H14Cl2N2O/c16-12-8-15(17)18-9-11(12)10-19-6-3-7-20-14-5-2-1-4-13(14)19/h1-2,4-5,8-9H,3,6-7,10H2. The number of hydrogen-bond acceptors (Lipinski definition) is 3. The lowest BCUT2D eigenvalue weighted by Gasteiger charge is -2.24. The molecule has 0 bridgehead atoms. The van der Waals surface area contributed by atoms with Gasteiger partial charge in [-0.2, -0.15) is 0 Å². The monoisotopic (exact) mass is 308 g/mol. The van der Waals surface area contributed by atoms with Crippen LogP contribution >= 0.6 is 23.2 Å². The number of aromatic nitrogens is 1. The van der Waals surface area contributed by atoms with Crippen LogP contribution in [0.3, 0.4) is 0 Å². The van der Waals surface area contributed by atoms with Crippen LogP contribution in [0, 0.1) is 0 Å². The lowest BCUT2D eigenvalue weighted by atomic mass is 10.2. The van der Waals surface area contributed by atoms with Crippen molar-refractivity contribution in [3.8, 4) is 5.75 Å². The van der Waals surface area contributed by atoms with Gasteiger partial charge in [0.25, 0.3) is 0 Å². The molecule has 0 saturated heterocycles. The first kappa shape index (κ1) is 13.5. The van der Waals surface area contributed by atoms with Crippen molar-refractivity contribution in [1.82, 2.24) is 4.98 Å². The average Bonchev–Trinajstić information content (AvgIpc) is 2.65. The lowest BCUT2D eigenvalue weighted by molar-refractivity contribution is 0.322. The summed E-state index contributed by atoms with van der Waals surface area (Å²) in [5.74, 6) is 0.919. The Bertz CT molecular complexity index is 619. The number of pyridine rings is 1. The predicted molar refractivity (Wildman–Crippen MR) is 81.9 cm³/mol. The van der Waals surface area contributed by atoms with Gasteiger partial charge in [-0.05, 0) is 24.6 Å². The number of nitrogens with zero attached hydrogens (tertiary/aromatic N) is 2. The van der Waals surface area contributed by atoms with Gasteiger partial charge >= 0.3 is 0 Å². The number of hydrogen-bond donors (Lipinski definition) is 0. The molecule has 3 nitrogen and oxygen atoms in total. The zero-order chi connectivity index (χ0) is 13.9. The largest absolute Gasteiger partial charge is 0.491 e. The first-order chi connectivity index (χ1) is 9.74.